The average Bonchev–Trinajstić information content (AvgIpc) is 3.15. The fraction of sp³-hybridized carbons (Fsp3) is 0.133. The quantitative estimate of drug-likeness (QED) is 0.723. The molecular formula is C15H11Cl2N3S. The number of aromatic nitrogens is 2. The van der Waals surface area contributed by atoms with Gasteiger partial charge in [0.2, 0.25) is 0 Å². The first-order chi connectivity index (χ1) is 10.2. The van der Waals surface area contributed by atoms with Crippen LogP contribution in [0.1, 0.15) is 5.56 Å². The van der Waals surface area contributed by atoms with Gasteiger partial charge in [-0.3, -0.25) is 0 Å². The summed E-state index contributed by atoms with van der Waals surface area (Å²) < 4.78 is 2.67. The van der Waals surface area contributed by atoms with E-state index in [1.807, 2.05) is 41.1 Å². The van der Waals surface area contributed by atoms with Crippen molar-refractivity contribution in [3.05, 3.63) is 51.3 Å². The normalized spacial score (nSPS) is 13.2. The van der Waals surface area contributed by atoms with Crippen LogP contribution in [-0.2, 0) is 6.42 Å². The highest BCUT2D eigenvalue weighted by Gasteiger charge is 2.25. The number of thiophene rings is 1. The Hall–Kier alpha value is -1.49. The summed E-state index contributed by atoms with van der Waals surface area (Å²) in [5.41, 5.74) is 3.11. The monoisotopic (exact) mass is 335 g/mol. The average molecular weight is 336 g/mol. The Morgan fingerprint density at radius 2 is 2.00 bits per heavy atom. The molecule has 3 nitrogen and oxygen atoms in total. The van der Waals surface area contributed by atoms with Gasteiger partial charge in [-0.05, 0) is 30.7 Å². The van der Waals surface area contributed by atoms with Crippen LogP contribution >= 0.6 is 34.5 Å². The molecule has 0 saturated heterocycles. The molecule has 0 radical (unpaired) electrons. The highest BCUT2D eigenvalue weighted by atomic mass is 35.5. The third-order valence-corrected chi connectivity index (χ3v) is 5.10. The van der Waals surface area contributed by atoms with Crippen LogP contribution in [0.15, 0.2) is 36.4 Å². The highest BCUT2D eigenvalue weighted by molar-refractivity contribution is 7.19. The number of hydrogen-bond donors (Lipinski definition) is 1. The van der Waals surface area contributed by atoms with Crippen LogP contribution < -0.4 is 5.32 Å². The van der Waals surface area contributed by atoms with E-state index in [0.29, 0.717) is 5.02 Å². The molecule has 0 bridgehead atoms. The molecule has 106 valence electrons. The lowest BCUT2D eigenvalue weighted by atomic mass is 10.2. The highest BCUT2D eigenvalue weighted by Crippen LogP contribution is 2.39. The summed E-state index contributed by atoms with van der Waals surface area (Å²) in [4.78, 5) is 1.09. The maximum Gasteiger partial charge on any atom is 0.133 e. The van der Waals surface area contributed by atoms with E-state index in [0.717, 1.165) is 39.4 Å². The van der Waals surface area contributed by atoms with Crippen molar-refractivity contribution >= 4 is 40.4 Å². The third kappa shape index (κ3) is 2.14. The number of benzene rings is 1. The molecule has 3 aromatic rings. The zero-order valence-electron chi connectivity index (χ0n) is 10.9. The molecule has 0 saturated carbocycles. The largest absolute Gasteiger partial charge is 0.369 e. The fourth-order valence-corrected chi connectivity index (χ4v) is 3.88. The van der Waals surface area contributed by atoms with Crippen molar-refractivity contribution in [1.82, 2.24) is 9.78 Å². The summed E-state index contributed by atoms with van der Waals surface area (Å²) in [7, 11) is 0. The van der Waals surface area contributed by atoms with E-state index in [9.17, 15) is 0 Å². The van der Waals surface area contributed by atoms with Gasteiger partial charge in [-0.1, -0.05) is 35.3 Å². The van der Waals surface area contributed by atoms with Crippen LogP contribution in [-0.4, -0.2) is 16.3 Å². The van der Waals surface area contributed by atoms with Gasteiger partial charge < -0.3 is 5.32 Å². The second kappa shape index (κ2) is 5.05. The van der Waals surface area contributed by atoms with Gasteiger partial charge in [-0.25, -0.2) is 4.68 Å². The second-order valence-corrected chi connectivity index (χ2v) is 6.94. The van der Waals surface area contributed by atoms with Crippen molar-refractivity contribution in [2.75, 3.05) is 11.9 Å². The van der Waals surface area contributed by atoms with Gasteiger partial charge in [0.25, 0.3) is 0 Å². The summed E-state index contributed by atoms with van der Waals surface area (Å²) in [6.45, 7) is 0.920. The summed E-state index contributed by atoms with van der Waals surface area (Å²) in [5.74, 6) is 1.03. The molecule has 21 heavy (non-hydrogen) atoms. The molecule has 1 N–H and O–H groups in total. The van der Waals surface area contributed by atoms with E-state index in [4.69, 9.17) is 28.3 Å². The standard InChI is InChI=1S/C15H11Cl2N3S/c16-10-3-1-2-4-11(10)20-15-9(7-8-18-15)14(19-20)12-5-6-13(17)21-12/h1-6,18H,7-8H2. The van der Waals surface area contributed by atoms with Crippen molar-refractivity contribution in [3.63, 3.8) is 0 Å². The summed E-state index contributed by atoms with van der Waals surface area (Å²) in [6, 6.07) is 11.7. The maximum atomic E-state index is 6.31. The molecule has 1 aliphatic rings. The van der Waals surface area contributed by atoms with Crippen LogP contribution in [0.2, 0.25) is 9.36 Å². The summed E-state index contributed by atoms with van der Waals surface area (Å²) in [5, 5.41) is 8.86. The number of nitrogens with one attached hydrogen (secondary N) is 1. The Balaban J connectivity index is 1.93. The molecule has 6 heteroatoms. The van der Waals surface area contributed by atoms with Gasteiger partial charge in [-0.2, -0.15) is 5.10 Å². The minimum atomic E-state index is 0.687. The smallest absolute Gasteiger partial charge is 0.133 e. The number of nitrogens with zero attached hydrogens (tertiary/aromatic N) is 2. The molecule has 0 unspecified atom stereocenters. The summed E-state index contributed by atoms with van der Waals surface area (Å²) >= 11 is 13.9. The van der Waals surface area contributed by atoms with E-state index in [-0.39, 0.29) is 0 Å². The van der Waals surface area contributed by atoms with E-state index < -0.39 is 0 Å². The Kier molecular flexibility index (Phi) is 3.17. The van der Waals surface area contributed by atoms with Crippen LogP contribution in [0.4, 0.5) is 5.82 Å². The van der Waals surface area contributed by atoms with Gasteiger partial charge in [0.1, 0.15) is 11.5 Å². The predicted molar refractivity (Wildman–Crippen MR) is 89.1 cm³/mol. The molecule has 0 spiro atoms. The van der Waals surface area contributed by atoms with Crippen LogP contribution in [0.3, 0.4) is 0 Å². The molecular weight excluding hydrogens is 325 g/mol. The molecule has 0 aliphatic carbocycles. The number of hydrogen-bond acceptors (Lipinski definition) is 3. The van der Waals surface area contributed by atoms with Crippen molar-refractivity contribution in [2.24, 2.45) is 0 Å². The lowest BCUT2D eigenvalue weighted by Crippen LogP contribution is -2.04. The Bertz CT molecular complexity index is 822. The van der Waals surface area contributed by atoms with E-state index in [1.54, 1.807) is 11.3 Å². The fourth-order valence-electron chi connectivity index (χ4n) is 2.61. The zero-order chi connectivity index (χ0) is 14.4. The first kappa shape index (κ1) is 13.2. The number of fused-ring (bicyclic) bond motifs is 1. The van der Waals surface area contributed by atoms with Crippen molar-refractivity contribution in [2.45, 2.75) is 6.42 Å². The van der Waals surface area contributed by atoms with Crippen molar-refractivity contribution in [1.29, 1.82) is 0 Å². The van der Waals surface area contributed by atoms with Gasteiger partial charge >= 0.3 is 0 Å². The SMILES string of the molecule is Clc1ccc(-c2nn(-c3ccccc3Cl)c3c2CCN3)s1. The number of para-hydroxylation sites is 1. The van der Waals surface area contributed by atoms with Crippen LogP contribution in [0, 0.1) is 0 Å². The Morgan fingerprint density at radius 3 is 2.76 bits per heavy atom. The van der Waals surface area contributed by atoms with Crippen molar-refractivity contribution in [3.8, 4) is 16.3 Å². The second-order valence-electron chi connectivity index (χ2n) is 4.82. The topological polar surface area (TPSA) is 29.9 Å². The minimum Gasteiger partial charge on any atom is -0.369 e. The van der Waals surface area contributed by atoms with Gasteiger partial charge in [-0.15, -0.1) is 11.3 Å². The predicted octanol–water partition coefficient (Wildman–Crippen LogP) is 4.88. The molecule has 2 aromatic heterocycles. The molecule has 4 rings (SSSR count). The number of rotatable bonds is 2. The van der Waals surface area contributed by atoms with E-state index in [2.05, 4.69) is 5.32 Å². The third-order valence-electron chi connectivity index (χ3n) is 3.54. The summed E-state index contributed by atoms with van der Waals surface area (Å²) in [6.07, 6.45) is 0.963. The molecule has 3 heterocycles. The van der Waals surface area contributed by atoms with Crippen LogP contribution in [0.5, 0.6) is 0 Å². The van der Waals surface area contributed by atoms with Gasteiger partial charge in [0.05, 0.1) is 19.9 Å². The van der Waals surface area contributed by atoms with Gasteiger partial charge in [0.15, 0.2) is 0 Å². The first-order valence-corrected chi connectivity index (χ1v) is 8.17. The van der Waals surface area contributed by atoms with E-state index in [1.165, 1.54) is 5.56 Å². The van der Waals surface area contributed by atoms with Crippen LogP contribution in [0.25, 0.3) is 16.3 Å². The lowest BCUT2D eigenvalue weighted by molar-refractivity contribution is 0.883. The zero-order valence-corrected chi connectivity index (χ0v) is 13.3. The molecule has 0 atom stereocenters. The van der Waals surface area contributed by atoms with Gasteiger partial charge in [0, 0.05) is 12.1 Å². The number of anilines is 1. The molecule has 0 fully saturated rings. The molecule has 1 aromatic carbocycles. The van der Waals surface area contributed by atoms with Crippen molar-refractivity contribution < 1.29 is 0 Å². The molecule has 0 amide bonds. The Morgan fingerprint density at radius 1 is 1.14 bits per heavy atom. The lowest BCUT2D eigenvalue weighted by Gasteiger charge is -2.07. The maximum absolute atomic E-state index is 6.31. The molecule has 1 aliphatic heterocycles. The Labute approximate surface area is 136 Å². The first-order valence-electron chi connectivity index (χ1n) is 6.60. The number of halogens is 2. The van der Waals surface area contributed by atoms with E-state index >= 15 is 0 Å². The minimum absolute atomic E-state index is 0.687.